The molecule has 2 nitrogen and oxygen atoms in total. The van der Waals surface area contributed by atoms with Gasteiger partial charge in [0.15, 0.2) is 0 Å². The number of hydrogen-bond donors (Lipinski definition) is 0. The van der Waals surface area contributed by atoms with Gasteiger partial charge in [0, 0.05) is 3.57 Å². The van der Waals surface area contributed by atoms with Crippen LogP contribution >= 0.6 is 22.6 Å². The van der Waals surface area contributed by atoms with Crippen molar-refractivity contribution in [2.75, 3.05) is 6.23 Å². The van der Waals surface area contributed by atoms with Gasteiger partial charge in [-0.15, -0.1) is 0 Å². The number of esters is 1. The highest BCUT2D eigenvalue weighted by atomic mass is 127. The highest BCUT2D eigenvalue weighted by Crippen LogP contribution is 2.17. The van der Waals surface area contributed by atoms with Gasteiger partial charge >= 0.3 is 5.97 Å². The van der Waals surface area contributed by atoms with E-state index in [0.29, 0.717) is 5.56 Å². The van der Waals surface area contributed by atoms with Gasteiger partial charge in [0.25, 0.3) is 0 Å². The third kappa shape index (κ3) is 2.54. The van der Waals surface area contributed by atoms with Crippen molar-refractivity contribution in [1.29, 1.82) is 0 Å². The number of ether oxygens (including phenoxy) is 1. The van der Waals surface area contributed by atoms with Gasteiger partial charge in [-0.05, 0) is 41.1 Å². The summed E-state index contributed by atoms with van der Waals surface area (Å²) in [5, 5.41) is 0. The molecule has 0 aliphatic heterocycles. The minimum atomic E-state index is -0.280. The first-order chi connectivity index (χ1) is 6.16. The molecule has 0 N–H and O–H groups in total. The summed E-state index contributed by atoms with van der Waals surface area (Å²) >= 11 is 2.12. The van der Waals surface area contributed by atoms with Crippen LogP contribution < -0.4 is 0 Å². The lowest BCUT2D eigenvalue weighted by molar-refractivity contribution is 0.0571. The number of carbonyl (C=O) groups excluding carboxylic acids is 1. The molecule has 0 aliphatic rings. The number of aryl methyl sites for hydroxylation is 1. The van der Waals surface area contributed by atoms with E-state index in [1.54, 1.807) is 0 Å². The lowest BCUT2D eigenvalue weighted by Crippen LogP contribution is -2.09. The largest absolute Gasteiger partial charge is 0.467 e. The van der Waals surface area contributed by atoms with Crippen molar-refractivity contribution in [3.63, 3.8) is 0 Å². The Balaban J connectivity index is 3.05. The van der Waals surface area contributed by atoms with E-state index in [0.717, 1.165) is 9.13 Å². The van der Waals surface area contributed by atoms with Crippen LogP contribution in [0.5, 0.6) is 0 Å². The highest BCUT2D eigenvalue weighted by Gasteiger charge is 2.12. The number of hydrogen-bond acceptors (Lipinski definition) is 2. The van der Waals surface area contributed by atoms with E-state index in [4.69, 9.17) is 4.74 Å². The SMILES string of the molecule is Cc1cccc(I)c1C(=O)OC[Si]. The van der Waals surface area contributed by atoms with Crippen LogP contribution in [-0.2, 0) is 4.74 Å². The highest BCUT2D eigenvalue weighted by molar-refractivity contribution is 14.1. The molecule has 0 aliphatic carbocycles. The van der Waals surface area contributed by atoms with Crippen molar-refractivity contribution in [2.24, 2.45) is 0 Å². The van der Waals surface area contributed by atoms with Crippen molar-refractivity contribution in [3.05, 3.63) is 32.9 Å². The Labute approximate surface area is 94.2 Å². The lowest BCUT2D eigenvalue weighted by atomic mass is 10.1. The van der Waals surface area contributed by atoms with E-state index in [1.165, 1.54) is 0 Å². The summed E-state index contributed by atoms with van der Waals surface area (Å²) in [6, 6.07) is 5.70. The van der Waals surface area contributed by atoms with Crippen LogP contribution in [0.15, 0.2) is 18.2 Å². The topological polar surface area (TPSA) is 26.3 Å². The zero-order chi connectivity index (χ0) is 9.84. The molecular formula is C9H8IO2Si. The Morgan fingerprint density at radius 1 is 1.62 bits per heavy atom. The first kappa shape index (κ1) is 10.7. The summed E-state index contributed by atoms with van der Waals surface area (Å²) in [4.78, 5) is 11.4. The van der Waals surface area contributed by atoms with E-state index in [9.17, 15) is 4.79 Å². The maximum Gasteiger partial charge on any atom is 0.339 e. The Kier molecular flexibility index (Phi) is 3.92. The molecule has 0 aromatic heterocycles. The van der Waals surface area contributed by atoms with Crippen LogP contribution in [-0.4, -0.2) is 22.4 Å². The quantitative estimate of drug-likeness (QED) is 0.474. The Bertz CT molecular complexity index is 305. The second kappa shape index (κ2) is 4.76. The van der Waals surface area contributed by atoms with E-state index >= 15 is 0 Å². The molecule has 0 saturated carbocycles. The molecule has 0 spiro atoms. The van der Waals surface area contributed by atoms with E-state index in [2.05, 4.69) is 32.8 Å². The smallest absolute Gasteiger partial charge is 0.339 e. The fraction of sp³-hybridized carbons (Fsp3) is 0.222. The van der Waals surface area contributed by atoms with Gasteiger partial charge in [-0.1, -0.05) is 12.1 Å². The summed E-state index contributed by atoms with van der Waals surface area (Å²) < 4.78 is 5.78. The van der Waals surface area contributed by atoms with Gasteiger partial charge in [-0.25, -0.2) is 4.79 Å². The first-order valence-electron chi connectivity index (χ1n) is 3.73. The molecule has 67 valence electrons. The molecule has 4 heteroatoms. The van der Waals surface area contributed by atoms with Gasteiger partial charge in [0.05, 0.1) is 22.0 Å². The normalized spacial score (nSPS) is 9.77. The van der Waals surface area contributed by atoms with Crippen LogP contribution in [0.25, 0.3) is 0 Å². The number of rotatable bonds is 2. The molecule has 0 saturated heterocycles. The van der Waals surface area contributed by atoms with Gasteiger partial charge in [0.1, 0.15) is 0 Å². The van der Waals surface area contributed by atoms with Crippen LogP contribution in [0, 0.1) is 10.5 Å². The molecule has 1 aromatic carbocycles. The molecule has 0 heterocycles. The molecule has 1 rings (SSSR count). The Morgan fingerprint density at radius 3 is 2.85 bits per heavy atom. The van der Waals surface area contributed by atoms with Gasteiger partial charge in [0.2, 0.25) is 0 Å². The summed E-state index contributed by atoms with van der Waals surface area (Å²) in [6.07, 6.45) is 0.225. The monoisotopic (exact) mass is 303 g/mol. The predicted molar refractivity (Wildman–Crippen MR) is 59.9 cm³/mol. The van der Waals surface area contributed by atoms with Crippen molar-refractivity contribution < 1.29 is 9.53 Å². The Hall–Kier alpha value is -0.363. The zero-order valence-corrected chi connectivity index (χ0v) is 10.3. The lowest BCUT2D eigenvalue weighted by Gasteiger charge is -2.06. The van der Waals surface area contributed by atoms with Crippen molar-refractivity contribution >= 4 is 38.8 Å². The molecule has 0 fully saturated rings. The fourth-order valence-electron chi connectivity index (χ4n) is 1.03. The van der Waals surface area contributed by atoms with Gasteiger partial charge in [-0.3, -0.25) is 0 Å². The number of halogens is 1. The average Bonchev–Trinajstić information content (AvgIpc) is 2.04. The summed E-state index contributed by atoms with van der Waals surface area (Å²) in [5.41, 5.74) is 1.60. The molecule has 0 amide bonds. The number of benzene rings is 1. The predicted octanol–water partition coefficient (Wildman–Crippen LogP) is 1.88. The van der Waals surface area contributed by atoms with E-state index in [-0.39, 0.29) is 12.2 Å². The van der Waals surface area contributed by atoms with Crippen LogP contribution in [0.3, 0.4) is 0 Å². The third-order valence-electron chi connectivity index (χ3n) is 1.63. The minimum Gasteiger partial charge on any atom is -0.467 e. The van der Waals surface area contributed by atoms with Crippen molar-refractivity contribution in [2.45, 2.75) is 6.92 Å². The fourth-order valence-corrected chi connectivity index (χ4v) is 2.01. The summed E-state index contributed by atoms with van der Waals surface area (Å²) in [7, 11) is 3.10. The molecule has 3 radical (unpaired) electrons. The Morgan fingerprint density at radius 2 is 2.31 bits per heavy atom. The van der Waals surface area contributed by atoms with Crippen LogP contribution in [0.1, 0.15) is 15.9 Å². The molecular weight excluding hydrogens is 295 g/mol. The van der Waals surface area contributed by atoms with Crippen molar-refractivity contribution in [3.8, 4) is 0 Å². The van der Waals surface area contributed by atoms with Gasteiger partial charge < -0.3 is 4.74 Å². The second-order valence-corrected chi connectivity index (χ2v) is 3.96. The van der Waals surface area contributed by atoms with Crippen molar-refractivity contribution in [1.82, 2.24) is 0 Å². The standard InChI is InChI=1S/C9H8IO2Si/c1-6-3-2-4-7(10)8(6)9(11)12-5-13/h2-4H,5H2,1H3. The molecule has 0 bridgehead atoms. The first-order valence-corrected chi connectivity index (χ1v) is 5.52. The summed E-state index contributed by atoms with van der Waals surface area (Å²) in [6.45, 7) is 1.90. The third-order valence-corrected chi connectivity index (χ3v) is 2.67. The maximum atomic E-state index is 11.4. The van der Waals surface area contributed by atoms with E-state index < -0.39 is 0 Å². The minimum absolute atomic E-state index is 0.225. The molecule has 0 unspecified atom stereocenters. The molecule has 0 atom stereocenters. The number of carbonyl (C=O) groups is 1. The summed E-state index contributed by atoms with van der Waals surface area (Å²) in [5.74, 6) is -0.280. The molecule has 1 aromatic rings. The maximum absolute atomic E-state index is 11.4. The van der Waals surface area contributed by atoms with E-state index in [1.807, 2.05) is 25.1 Å². The second-order valence-electron chi connectivity index (χ2n) is 2.51. The van der Waals surface area contributed by atoms with Crippen LogP contribution in [0.2, 0.25) is 0 Å². The zero-order valence-electron chi connectivity index (χ0n) is 7.13. The molecule has 13 heavy (non-hydrogen) atoms. The van der Waals surface area contributed by atoms with Crippen LogP contribution in [0.4, 0.5) is 0 Å². The van der Waals surface area contributed by atoms with Gasteiger partial charge in [-0.2, -0.15) is 0 Å². The average molecular weight is 303 g/mol.